The van der Waals surface area contributed by atoms with Gasteiger partial charge in [0.25, 0.3) is 0 Å². The predicted molar refractivity (Wildman–Crippen MR) is 108 cm³/mol. The average Bonchev–Trinajstić information content (AvgIpc) is 2.67. The second-order valence-electron chi connectivity index (χ2n) is 7.29. The third kappa shape index (κ3) is 4.07. The quantitative estimate of drug-likeness (QED) is 0.754. The Kier molecular flexibility index (Phi) is 5.28. The number of fused-ring (bicyclic) bond motifs is 1. The Hall–Kier alpha value is -2.17. The van der Waals surface area contributed by atoms with Crippen molar-refractivity contribution in [1.82, 2.24) is 4.90 Å². The number of hydrogen-bond acceptors (Lipinski definition) is 4. The molecule has 1 fully saturated rings. The zero-order valence-corrected chi connectivity index (χ0v) is 16.2. The molecular formula is C22H23ClN2O2. The van der Waals surface area contributed by atoms with Gasteiger partial charge in [0.1, 0.15) is 6.10 Å². The van der Waals surface area contributed by atoms with Gasteiger partial charge in [0.05, 0.1) is 11.3 Å². The number of nitrogens with zero attached hydrogens (tertiary/aromatic N) is 2. The average molecular weight is 383 g/mol. The van der Waals surface area contributed by atoms with Crippen molar-refractivity contribution >= 4 is 23.3 Å². The number of aliphatic imine (C=N–C) groups is 1. The first-order valence-electron chi connectivity index (χ1n) is 9.43. The molecule has 140 valence electrons. The number of rotatable bonds is 3. The van der Waals surface area contributed by atoms with E-state index in [1.807, 2.05) is 36.4 Å². The van der Waals surface area contributed by atoms with Crippen LogP contribution in [0.15, 0.2) is 47.5 Å². The van der Waals surface area contributed by atoms with Crippen molar-refractivity contribution in [3.63, 3.8) is 0 Å². The molecule has 27 heavy (non-hydrogen) atoms. The molecule has 1 atom stereocenters. The van der Waals surface area contributed by atoms with Crippen molar-refractivity contribution in [1.29, 1.82) is 0 Å². The smallest absolute Gasteiger partial charge is 0.338 e. The molecule has 0 bridgehead atoms. The van der Waals surface area contributed by atoms with E-state index in [0.717, 1.165) is 55.7 Å². The van der Waals surface area contributed by atoms with Crippen LogP contribution in [0.5, 0.6) is 0 Å². The molecule has 0 radical (unpaired) electrons. The SMILES string of the molecule is CN1CCCC(OC(=O)c2ccc(C3=NCCc4ccc(Cl)cc43)cc2)C1. The molecule has 2 heterocycles. The summed E-state index contributed by atoms with van der Waals surface area (Å²) >= 11 is 6.18. The first-order chi connectivity index (χ1) is 13.1. The third-order valence-corrected chi connectivity index (χ3v) is 5.46. The van der Waals surface area contributed by atoms with Gasteiger partial charge < -0.3 is 9.64 Å². The molecule has 1 unspecified atom stereocenters. The number of halogens is 1. The Bertz CT molecular complexity index is 876. The Labute approximate surface area is 164 Å². The molecule has 5 heteroatoms. The maximum absolute atomic E-state index is 12.5. The Morgan fingerprint density at radius 3 is 2.81 bits per heavy atom. The van der Waals surface area contributed by atoms with Crippen molar-refractivity contribution < 1.29 is 9.53 Å². The molecule has 2 aliphatic heterocycles. The summed E-state index contributed by atoms with van der Waals surface area (Å²) in [5, 5.41) is 0.709. The number of likely N-dealkylation sites (tertiary alicyclic amines) is 1. The van der Waals surface area contributed by atoms with E-state index in [9.17, 15) is 4.79 Å². The summed E-state index contributed by atoms with van der Waals surface area (Å²) in [7, 11) is 2.06. The van der Waals surface area contributed by atoms with Crippen molar-refractivity contribution in [3.05, 3.63) is 69.7 Å². The number of esters is 1. The zero-order chi connectivity index (χ0) is 18.8. The minimum Gasteiger partial charge on any atom is -0.457 e. The van der Waals surface area contributed by atoms with Crippen LogP contribution in [0.4, 0.5) is 0 Å². The van der Waals surface area contributed by atoms with Crippen LogP contribution >= 0.6 is 11.6 Å². The summed E-state index contributed by atoms with van der Waals surface area (Å²) < 4.78 is 5.68. The lowest BCUT2D eigenvalue weighted by atomic mass is 9.93. The van der Waals surface area contributed by atoms with E-state index >= 15 is 0 Å². The number of hydrogen-bond donors (Lipinski definition) is 0. The molecule has 0 amide bonds. The van der Waals surface area contributed by atoms with Crippen LogP contribution in [0.25, 0.3) is 0 Å². The van der Waals surface area contributed by atoms with E-state index in [1.165, 1.54) is 5.56 Å². The summed E-state index contributed by atoms with van der Waals surface area (Å²) in [6, 6.07) is 13.5. The topological polar surface area (TPSA) is 41.9 Å². The minimum atomic E-state index is -0.254. The molecule has 0 saturated carbocycles. The molecule has 4 nitrogen and oxygen atoms in total. The van der Waals surface area contributed by atoms with Crippen molar-refractivity contribution in [2.24, 2.45) is 4.99 Å². The van der Waals surface area contributed by atoms with E-state index in [2.05, 4.69) is 18.0 Å². The lowest BCUT2D eigenvalue weighted by Gasteiger charge is -2.29. The van der Waals surface area contributed by atoms with E-state index in [1.54, 1.807) is 0 Å². The second kappa shape index (κ2) is 7.83. The van der Waals surface area contributed by atoms with Crippen LogP contribution in [0.3, 0.4) is 0 Å². The Morgan fingerprint density at radius 2 is 2.04 bits per heavy atom. The summed E-state index contributed by atoms with van der Waals surface area (Å²) in [5.41, 5.74) is 4.85. The van der Waals surface area contributed by atoms with E-state index in [-0.39, 0.29) is 12.1 Å². The predicted octanol–water partition coefficient (Wildman–Crippen LogP) is 3.98. The second-order valence-corrected chi connectivity index (χ2v) is 7.73. The number of benzene rings is 2. The number of carbonyl (C=O) groups excluding carboxylic acids is 1. The maximum atomic E-state index is 12.5. The normalized spacial score (nSPS) is 19.9. The highest BCUT2D eigenvalue weighted by atomic mass is 35.5. The molecule has 1 saturated heterocycles. The van der Waals surface area contributed by atoms with Crippen molar-refractivity contribution in [2.45, 2.75) is 25.4 Å². The van der Waals surface area contributed by atoms with Crippen molar-refractivity contribution in [3.8, 4) is 0 Å². The highest BCUT2D eigenvalue weighted by Gasteiger charge is 2.22. The molecule has 0 N–H and O–H groups in total. The van der Waals surface area contributed by atoms with Gasteiger partial charge >= 0.3 is 5.97 Å². The van der Waals surface area contributed by atoms with Crippen LogP contribution in [0.1, 0.15) is 39.9 Å². The van der Waals surface area contributed by atoms with Gasteiger partial charge in [0.2, 0.25) is 0 Å². The lowest BCUT2D eigenvalue weighted by molar-refractivity contribution is 0.0108. The fourth-order valence-electron chi connectivity index (χ4n) is 3.81. The number of piperidine rings is 1. The maximum Gasteiger partial charge on any atom is 0.338 e. The van der Waals surface area contributed by atoms with Gasteiger partial charge in [0.15, 0.2) is 0 Å². The Balaban J connectivity index is 1.50. The number of ether oxygens (including phenoxy) is 1. The largest absolute Gasteiger partial charge is 0.457 e. The van der Waals surface area contributed by atoms with Crippen molar-refractivity contribution in [2.75, 3.05) is 26.7 Å². The first-order valence-corrected chi connectivity index (χ1v) is 9.81. The van der Waals surface area contributed by atoms with Crippen LogP contribution in [-0.2, 0) is 11.2 Å². The monoisotopic (exact) mass is 382 g/mol. The highest BCUT2D eigenvalue weighted by molar-refractivity contribution is 6.31. The third-order valence-electron chi connectivity index (χ3n) is 5.23. The molecule has 0 spiro atoms. The number of likely N-dealkylation sites (N-methyl/N-ethyl adjacent to an activating group) is 1. The standard InChI is InChI=1S/C22H23ClN2O2/c1-25-12-2-3-19(14-25)27-22(26)17-6-4-16(5-7-17)21-20-13-18(23)9-8-15(20)10-11-24-21/h4-9,13,19H,2-3,10-12,14H2,1H3. The van der Waals surface area contributed by atoms with Crippen LogP contribution in [0, 0.1) is 0 Å². The van der Waals surface area contributed by atoms with Gasteiger partial charge in [0, 0.05) is 29.2 Å². The fraction of sp³-hybridized carbons (Fsp3) is 0.364. The molecule has 0 aromatic heterocycles. The van der Waals surface area contributed by atoms with Crippen LogP contribution in [-0.4, -0.2) is 49.4 Å². The van der Waals surface area contributed by atoms with Gasteiger partial charge in [-0.25, -0.2) is 4.79 Å². The number of carbonyl (C=O) groups is 1. The Morgan fingerprint density at radius 1 is 1.22 bits per heavy atom. The molecule has 2 aromatic rings. The van der Waals surface area contributed by atoms with E-state index in [4.69, 9.17) is 21.3 Å². The zero-order valence-electron chi connectivity index (χ0n) is 15.5. The van der Waals surface area contributed by atoms with Gasteiger partial charge in [-0.15, -0.1) is 0 Å². The van der Waals surface area contributed by atoms with Crippen LogP contribution < -0.4 is 0 Å². The van der Waals surface area contributed by atoms with Gasteiger partial charge in [-0.05, 0) is 62.7 Å². The van der Waals surface area contributed by atoms with Gasteiger partial charge in [-0.2, -0.15) is 0 Å². The van der Waals surface area contributed by atoms with Crippen LogP contribution in [0.2, 0.25) is 5.02 Å². The van der Waals surface area contributed by atoms with Gasteiger partial charge in [-0.3, -0.25) is 4.99 Å². The molecule has 0 aliphatic carbocycles. The van der Waals surface area contributed by atoms with E-state index in [0.29, 0.717) is 10.6 Å². The molecule has 2 aliphatic rings. The molecule has 2 aromatic carbocycles. The van der Waals surface area contributed by atoms with Gasteiger partial charge in [-0.1, -0.05) is 29.8 Å². The summed E-state index contributed by atoms with van der Waals surface area (Å²) in [4.78, 5) is 19.4. The first kappa shape index (κ1) is 18.2. The van der Waals surface area contributed by atoms with E-state index < -0.39 is 0 Å². The molecule has 4 rings (SSSR count). The summed E-state index contributed by atoms with van der Waals surface area (Å²) in [6.07, 6.45) is 2.90. The summed E-state index contributed by atoms with van der Waals surface area (Å²) in [5.74, 6) is -0.254. The fourth-order valence-corrected chi connectivity index (χ4v) is 3.98. The minimum absolute atomic E-state index is 0.0207. The molecular weight excluding hydrogens is 360 g/mol. The highest BCUT2D eigenvalue weighted by Crippen LogP contribution is 2.24. The lowest BCUT2D eigenvalue weighted by Crippen LogP contribution is -2.38. The summed E-state index contributed by atoms with van der Waals surface area (Å²) in [6.45, 7) is 2.64.